The van der Waals surface area contributed by atoms with Crippen molar-refractivity contribution in [3.63, 3.8) is 0 Å². The molecule has 9 nitrogen and oxygen atoms in total. The second-order valence-corrected chi connectivity index (χ2v) is 14.2. The molecule has 44 heavy (non-hydrogen) atoms. The molecule has 4 aromatic rings. The number of likely N-dealkylation sites (N-methyl/N-ethyl adjacent to an activating group) is 1. The van der Waals surface area contributed by atoms with E-state index in [2.05, 4.69) is 22.5 Å². The van der Waals surface area contributed by atoms with E-state index in [1.165, 1.54) is 4.90 Å². The Morgan fingerprint density at radius 2 is 1.73 bits per heavy atom. The van der Waals surface area contributed by atoms with Crippen LogP contribution < -0.4 is 16.2 Å². The maximum atomic E-state index is 14.3. The summed E-state index contributed by atoms with van der Waals surface area (Å²) < 4.78 is 26.8. The van der Waals surface area contributed by atoms with Gasteiger partial charge < -0.3 is 20.5 Å². The first-order valence-corrected chi connectivity index (χ1v) is 16.5. The van der Waals surface area contributed by atoms with Crippen molar-refractivity contribution in [3.8, 4) is 0 Å². The van der Waals surface area contributed by atoms with Crippen LogP contribution in [0.4, 0.5) is 11.4 Å². The molecule has 0 radical (unpaired) electrons. The molecule has 1 fully saturated rings. The molecule has 1 aliphatic carbocycles. The molecule has 3 N–H and O–H groups in total. The van der Waals surface area contributed by atoms with Gasteiger partial charge in [0, 0.05) is 43.0 Å². The fourth-order valence-electron chi connectivity index (χ4n) is 6.06. The summed E-state index contributed by atoms with van der Waals surface area (Å²) in [6, 6.07) is 17.2. The average Bonchev–Trinajstić information content (AvgIpc) is 3.85. The zero-order valence-corrected chi connectivity index (χ0v) is 25.8. The fraction of sp³-hybridized carbons (Fsp3) is 0.324. The molecule has 7 rings (SSSR count). The summed E-state index contributed by atoms with van der Waals surface area (Å²) in [5, 5.41) is 7.15. The van der Waals surface area contributed by atoms with Crippen molar-refractivity contribution < 1.29 is 18.0 Å². The molecule has 0 spiro atoms. The van der Waals surface area contributed by atoms with Gasteiger partial charge in [-0.1, -0.05) is 31.2 Å². The largest absolute Gasteiger partial charge is 0.370 e. The van der Waals surface area contributed by atoms with E-state index in [0.717, 1.165) is 22.1 Å². The summed E-state index contributed by atoms with van der Waals surface area (Å²) in [6.45, 7) is 4.10. The number of H-pyrrole nitrogens is 1. The number of hydrogen-bond acceptors (Lipinski definition) is 6. The van der Waals surface area contributed by atoms with E-state index < -0.39 is 21.1 Å². The van der Waals surface area contributed by atoms with Crippen molar-refractivity contribution >= 4 is 43.8 Å². The van der Waals surface area contributed by atoms with E-state index in [1.54, 1.807) is 37.5 Å². The van der Waals surface area contributed by atoms with Gasteiger partial charge in [0.2, 0.25) is 11.8 Å². The summed E-state index contributed by atoms with van der Waals surface area (Å²) >= 11 is 0. The number of benzene rings is 3. The number of sulfone groups is 1. The quantitative estimate of drug-likeness (QED) is 0.282. The maximum Gasteiger partial charge on any atom is 0.255 e. The summed E-state index contributed by atoms with van der Waals surface area (Å²) in [5.41, 5.74) is 4.17. The third-order valence-electron chi connectivity index (χ3n) is 8.69. The molecule has 0 unspecified atom stereocenters. The van der Waals surface area contributed by atoms with Crippen LogP contribution in [-0.2, 0) is 26.0 Å². The van der Waals surface area contributed by atoms with Gasteiger partial charge in [-0.15, -0.1) is 0 Å². The zero-order chi connectivity index (χ0) is 31.2. The van der Waals surface area contributed by atoms with Gasteiger partial charge in [-0.25, -0.2) is 8.42 Å². The molecular formula is C34H36N4O5S. The maximum absolute atomic E-state index is 14.3. The van der Waals surface area contributed by atoms with Crippen LogP contribution >= 0.6 is 0 Å². The van der Waals surface area contributed by atoms with Crippen molar-refractivity contribution in [1.29, 1.82) is 0 Å². The van der Waals surface area contributed by atoms with E-state index in [9.17, 15) is 22.8 Å². The molecule has 10 heteroatoms. The SMILES string of the molecule is Cc1cc2ccc1[C@@H](C)CCC(=O)Nc1ccc(S(=O)(=O)C3CC3)c(c1)CN(C)C(=O)[C@@H]2Nc1ccc2cc[nH]c(=O)c2c1. The second kappa shape index (κ2) is 11.6. The highest BCUT2D eigenvalue weighted by Crippen LogP contribution is 2.37. The highest BCUT2D eigenvalue weighted by atomic mass is 32.2. The Morgan fingerprint density at radius 3 is 2.48 bits per heavy atom. The lowest BCUT2D eigenvalue weighted by molar-refractivity contribution is -0.131. The molecule has 228 valence electrons. The number of fused-ring (bicyclic) bond motifs is 10. The van der Waals surface area contributed by atoms with E-state index in [4.69, 9.17) is 0 Å². The molecule has 0 saturated heterocycles. The first-order chi connectivity index (χ1) is 21.0. The molecule has 3 aromatic carbocycles. The number of rotatable bonds is 4. The lowest BCUT2D eigenvalue weighted by Gasteiger charge is -2.28. The second-order valence-electron chi connectivity index (χ2n) is 12.1. The number of nitrogens with one attached hydrogen (secondary N) is 3. The van der Waals surface area contributed by atoms with Crippen LogP contribution in [0.3, 0.4) is 0 Å². The van der Waals surface area contributed by atoms with Gasteiger partial charge in [0.15, 0.2) is 9.84 Å². The topological polar surface area (TPSA) is 128 Å². The molecule has 4 bridgehead atoms. The fourth-order valence-corrected chi connectivity index (χ4v) is 7.92. The summed E-state index contributed by atoms with van der Waals surface area (Å²) in [7, 11) is -1.93. The van der Waals surface area contributed by atoms with E-state index in [1.807, 2.05) is 43.3 Å². The molecule has 2 atom stereocenters. The van der Waals surface area contributed by atoms with Crippen LogP contribution in [0.2, 0.25) is 0 Å². The molecule has 2 amide bonds. The number of aryl methyl sites for hydroxylation is 1. The standard InChI is InChI=1S/C34H36N4O5S/c1-20-4-13-31(39)36-25-8-12-30(44(42,43)27-9-10-27)24(17-25)19-38(3)34(41)32(23-6-11-28(20)21(2)16-23)37-26-7-5-22-14-15-35-33(40)29(22)18-26/h5-8,11-12,14-18,20,27,32,37H,4,9-10,13,19H2,1-3H3,(H,35,40)(H,36,39)/t20-,32+/m0/s1. The van der Waals surface area contributed by atoms with Crippen LogP contribution in [0.15, 0.2) is 76.6 Å². The Balaban J connectivity index is 1.44. The normalized spacial score (nSPS) is 19.7. The number of pyridine rings is 1. The Kier molecular flexibility index (Phi) is 7.79. The third-order valence-corrected chi connectivity index (χ3v) is 11.1. The molecule has 2 aliphatic heterocycles. The minimum atomic E-state index is -3.57. The Bertz CT molecular complexity index is 1950. The van der Waals surface area contributed by atoms with Crippen LogP contribution in [0.1, 0.15) is 66.8 Å². The number of anilines is 2. The van der Waals surface area contributed by atoms with Crippen molar-refractivity contribution in [2.45, 2.75) is 68.2 Å². The van der Waals surface area contributed by atoms with Gasteiger partial charge >= 0.3 is 0 Å². The zero-order valence-electron chi connectivity index (χ0n) is 25.0. The summed E-state index contributed by atoms with van der Waals surface area (Å²) in [4.78, 5) is 44.1. The number of hydrogen-bond donors (Lipinski definition) is 3. The first-order valence-electron chi connectivity index (χ1n) is 14.9. The van der Waals surface area contributed by atoms with Crippen molar-refractivity contribution in [1.82, 2.24) is 9.88 Å². The summed E-state index contributed by atoms with van der Waals surface area (Å²) in [6.07, 6.45) is 3.76. The van der Waals surface area contributed by atoms with Crippen LogP contribution in [0.5, 0.6) is 0 Å². The number of aromatic nitrogens is 1. The minimum absolute atomic E-state index is 0.0213. The van der Waals surface area contributed by atoms with Crippen LogP contribution in [0.25, 0.3) is 10.8 Å². The van der Waals surface area contributed by atoms with Crippen LogP contribution in [-0.4, -0.2) is 42.4 Å². The van der Waals surface area contributed by atoms with Gasteiger partial charge in [0.25, 0.3) is 5.56 Å². The number of carbonyl (C=O) groups excluding carboxylic acids is 2. The van der Waals surface area contributed by atoms with E-state index in [-0.39, 0.29) is 34.7 Å². The Labute approximate surface area is 256 Å². The Morgan fingerprint density at radius 1 is 0.932 bits per heavy atom. The Hall–Kier alpha value is -4.44. The minimum Gasteiger partial charge on any atom is -0.370 e. The number of amides is 2. The van der Waals surface area contributed by atoms with Gasteiger partial charge in [-0.2, -0.15) is 0 Å². The number of carbonyl (C=O) groups is 2. The van der Waals surface area contributed by atoms with Gasteiger partial charge in [-0.3, -0.25) is 14.4 Å². The van der Waals surface area contributed by atoms with Gasteiger partial charge in [-0.05, 0) is 96.1 Å². The van der Waals surface area contributed by atoms with E-state index >= 15 is 0 Å². The smallest absolute Gasteiger partial charge is 0.255 e. The monoisotopic (exact) mass is 612 g/mol. The van der Waals surface area contributed by atoms with Crippen molar-refractivity contribution in [2.24, 2.45) is 0 Å². The first kappa shape index (κ1) is 29.6. The number of aromatic amines is 1. The number of nitrogens with zero attached hydrogens (tertiary/aromatic N) is 1. The predicted octanol–water partition coefficient (Wildman–Crippen LogP) is 5.42. The van der Waals surface area contributed by atoms with Crippen molar-refractivity contribution in [3.05, 3.63) is 99.5 Å². The van der Waals surface area contributed by atoms with Gasteiger partial charge in [0.05, 0.1) is 10.1 Å². The molecular weight excluding hydrogens is 576 g/mol. The molecule has 1 aromatic heterocycles. The lowest BCUT2D eigenvalue weighted by atomic mass is 9.89. The summed E-state index contributed by atoms with van der Waals surface area (Å²) in [5.74, 6) is -0.324. The van der Waals surface area contributed by atoms with E-state index in [0.29, 0.717) is 48.0 Å². The third kappa shape index (κ3) is 5.86. The highest BCUT2D eigenvalue weighted by molar-refractivity contribution is 7.92. The average molecular weight is 613 g/mol. The molecule has 3 aliphatic rings. The van der Waals surface area contributed by atoms with Gasteiger partial charge in [0.1, 0.15) is 6.04 Å². The molecule has 1 saturated carbocycles. The lowest BCUT2D eigenvalue weighted by Crippen LogP contribution is -2.35. The van der Waals surface area contributed by atoms with Crippen molar-refractivity contribution in [2.75, 3.05) is 17.7 Å². The van der Waals surface area contributed by atoms with Crippen LogP contribution in [0, 0.1) is 6.92 Å². The predicted molar refractivity (Wildman–Crippen MR) is 172 cm³/mol. The molecule has 3 heterocycles. The highest BCUT2D eigenvalue weighted by Gasteiger charge is 2.38.